The van der Waals surface area contributed by atoms with Crippen LogP contribution < -0.4 is 11.1 Å². The zero-order chi connectivity index (χ0) is 17.0. The molecule has 2 aliphatic rings. The standard InChI is InChI=1S/C18H27N3O2S/c19-16(22)11-14-5-3-9-21(12-14)17(23)20-13-18(7-1-2-8-18)15-6-4-10-24-15/h4,6,10,14H,1-3,5,7-9,11-13H2,(H2,19,22)(H,20,23)/t14-/m1/s1. The van der Waals surface area contributed by atoms with Crippen molar-refractivity contribution in [3.8, 4) is 0 Å². The normalized spacial score (nSPS) is 23.2. The van der Waals surface area contributed by atoms with Gasteiger partial charge in [-0.15, -0.1) is 11.3 Å². The monoisotopic (exact) mass is 349 g/mol. The number of thiophene rings is 1. The number of carbonyl (C=O) groups excluding carboxylic acids is 2. The summed E-state index contributed by atoms with van der Waals surface area (Å²) >= 11 is 1.80. The van der Waals surface area contributed by atoms with E-state index in [1.165, 1.54) is 17.7 Å². The van der Waals surface area contributed by atoms with Crippen LogP contribution in [0, 0.1) is 5.92 Å². The highest BCUT2D eigenvalue weighted by atomic mass is 32.1. The second kappa shape index (κ2) is 7.55. The van der Waals surface area contributed by atoms with Gasteiger partial charge in [-0.05, 0) is 43.0 Å². The Morgan fingerprint density at radius 1 is 1.33 bits per heavy atom. The topological polar surface area (TPSA) is 75.4 Å². The van der Waals surface area contributed by atoms with Crippen molar-refractivity contribution in [2.75, 3.05) is 19.6 Å². The van der Waals surface area contributed by atoms with Crippen LogP contribution in [0.25, 0.3) is 0 Å². The van der Waals surface area contributed by atoms with Gasteiger partial charge in [-0.2, -0.15) is 0 Å². The molecule has 3 N–H and O–H groups in total. The van der Waals surface area contributed by atoms with Crippen LogP contribution in [-0.2, 0) is 10.2 Å². The maximum atomic E-state index is 12.6. The molecule has 132 valence electrons. The molecule has 2 heterocycles. The fourth-order valence-corrected chi connectivity index (χ4v) is 5.19. The first-order valence-electron chi connectivity index (χ1n) is 8.94. The number of likely N-dealkylation sites (tertiary alicyclic amines) is 1. The lowest BCUT2D eigenvalue weighted by Gasteiger charge is -2.34. The van der Waals surface area contributed by atoms with E-state index in [1.807, 2.05) is 4.90 Å². The maximum Gasteiger partial charge on any atom is 0.317 e. The average molecular weight is 350 g/mol. The molecule has 2 fully saturated rings. The van der Waals surface area contributed by atoms with E-state index in [0.717, 1.165) is 32.2 Å². The number of amides is 3. The van der Waals surface area contributed by atoms with Gasteiger partial charge >= 0.3 is 6.03 Å². The van der Waals surface area contributed by atoms with Crippen molar-refractivity contribution < 1.29 is 9.59 Å². The zero-order valence-electron chi connectivity index (χ0n) is 14.1. The molecule has 1 aromatic rings. The molecule has 0 bridgehead atoms. The molecule has 0 aromatic carbocycles. The van der Waals surface area contributed by atoms with Gasteiger partial charge in [0.15, 0.2) is 0 Å². The van der Waals surface area contributed by atoms with E-state index < -0.39 is 0 Å². The largest absolute Gasteiger partial charge is 0.370 e. The molecule has 0 spiro atoms. The summed E-state index contributed by atoms with van der Waals surface area (Å²) < 4.78 is 0. The number of nitrogens with zero attached hydrogens (tertiary/aromatic N) is 1. The Balaban J connectivity index is 1.57. The van der Waals surface area contributed by atoms with Crippen LogP contribution in [0.5, 0.6) is 0 Å². The lowest BCUT2D eigenvalue weighted by atomic mass is 9.84. The van der Waals surface area contributed by atoms with E-state index in [9.17, 15) is 9.59 Å². The summed E-state index contributed by atoms with van der Waals surface area (Å²) in [6, 6.07) is 4.30. The van der Waals surface area contributed by atoms with Gasteiger partial charge in [0.1, 0.15) is 0 Å². The average Bonchev–Trinajstić information content (AvgIpc) is 3.24. The SMILES string of the molecule is NC(=O)C[C@H]1CCCN(C(=O)NCC2(c3cccs3)CCCC2)C1. The molecule has 0 unspecified atom stereocenters. The van der Waals surface area contributed by atoms with Gasteiger partial charge in [-0.3, -0.25) is 4.79 Å². The highest BCUT2D eigenvalue weighted by Gasteiger charge is 2.37. The summed E-state index contributed by atoms with van der Waals surface area (Å²) in [5.74, 6) is -0.0652. The summed E-state index contributed by atoms with van der Waals surface area (Å²) in [5, 5.41) is 5.30. The smallest absolute Gasteiger partial charge is 0.317 e. The second-order valence-corrected chi connectivity index (χ2v) is 8.20. The third kappa shape index (κ3) is 3.91. The van der Waals surface area contributed by atoms with E-state index in [2.05, 4.69) is 22.8 Å². The Bertz CT molecular complexity index is 567. The summed E-state index contributed by atoms with van der Waals surface area (Å²) in [5.41, 5.74) is 5.42. The van der Waals surface area contributed by atoms with E-state index in [1.54, 1.807) is 11.3 Å². The number of nitrogens with one attached hydrogen (secondary N) is 1. The number of rotatable bonds is 5. The van der Waals surface area contributed by atoms with Crippen molar-refractivity contribution in [1.82, 2.24) is 10.2 Å². The summed E-state index contributed by atoms with van der Waals surface area (Å²) in [6.07, 6.45) is 7.07. The van der Waals surface area contributed by atoms with Crippen LogP contribution in [0.3, 0.4) is 0 Å². The van der Waals surface area contributed by atoms with Gasteiger partial charge in [-0.25, -0.2) is 4.79 Å². The molecule has 1 aliphatic carbocycles. The maximum absolute atomic E-state index is 12.6. The van der Waals surface area contributed by atoms with Crippen molar-refractivity contribution in [3.63, 3.8) is 0 Å². The number of piperidine rings is 1. The van der Waals surface area contributed by atoms with E-state index in [-0.39, 0.29) is 23.3 Å². The third-order valence-electron chi connectivity index (χ3n) is 5.48. The lowest BCUT2D eigenvalue weighted by Crippen LogP contribution is -2.49. The van der Waals surface area contributed by atoms with Crippen molar-refractivity contribution in [1.29, 1.82) is 0 Å². The molecule has 1 atom stereocenters. The molecule has 1 aliphatic heterocycles. The quantitative estimate of drug-likeness (QED) is 0.858. The van der Waals surface area contributed by atoms with Gasteiger partial charge in [0.25, 0.3) is 0 Å². The van der Waals surface area contributed by atoms with Gasteiger partial charge < -0.3 is 16.0 Å². The minimum absolute atomic E-state index is 0.00648. The molecule has 1 aromatic heterocycles. The number of primary amides is 1. The molecule has 5 nitrogen and oxygen atoms in total. The zero-order valence-corrected chi connectivity index (χ0v) is 14.9. The molecular formula is C18H27N3O2S. The fourth-order valence-electron chi connectivity index (χ4n) is 4.20. The van der Waals surface area contributed by atoms with Gasteiger partial charge in [-0.1, -0.05) is 18.9 Å². The van der Waals surface area contributed by atoms with E-state index in [0.29, 0.717) is 19.5 Å². The van der Waals surface area contributed by atoms with Crippen LogP contribution in [0.1, 0.15) is 49.8 Å². The molecular weight excluding hydrogens is 322 g/mol. The van der Waals surface area contributed by atoms with Crippen LogP contribution >= 0.6 is 11.3 Å². The predicted octanol–water partition coefficient (Wildman–Crippen LogP) is 2.86. The van der Waals surface area contributed by atoms with Crippen LogP contribution in [0.15, 0.2) is 17.5 Å². The van der Waals surface area contributed by atoms with Crippen molar-refractivity contribution in [2.45, 2.75) is 50.4 Å². The van der Waals surface area contributed by atoms with Gasteiger partial charge in [0.2, 0.25) is 5.91 Å². The minimum Gasteiger partial charge on any atom is -0.370 e. The highest BCUT2D eigenvalue weighted by Crippen LogP contribution is 2.42. The van der Waals surface area contributed by atoms with Crippen LogP contribution in [-0.4, -0.2) is 36.5 Å². The van der Waals surface area contributed by atoms with E-state index in [4.69, 9.17) is 5.73 Å². The summed E-state index contributed by atoms with van der Waals surface area (Å²) in [7, 11) is 0. The lowest BCUT2D eigenvalue weighted by molar-refractivity contribution is -0.119. The third-order valence-corrected chi connectivity index (χ3v) is 6.59. The second-order valence-electron chi connectivity index (χ2n) is 7.25. The first-order valence-corrected chi connectivity index (χ1v) is 9.82. The fraction of sp³-hybridized carbons (Fsp3) is 0.667. The van der Waals surface area contributed by atoms with Crippen molar-refractivity contribution in [2.24, 2.45) is 11.7 Å². The predicted molar refractivity (Wildman–Crippen MR) is 96.0 cm³/mol. The summed E-state index contributed by atoms with van der Waals surface area (Å²) in [6.45, 7) is 2.12. The van der Waals surface area contributed by atoms with Crippen molar-refractivity contribution in [3.05, 3.63) is 22.4 Å². The van der Waals surface area contributed by atoms with E-state index >= 15 is 0 Å². The first kappa shape index (κ1) is 17.3. The van der Waals surface area contributed by atoms with Gasteiger partial charge in [0, 0.05) is 36.3 Å². The molecule has 3 rings (SSSR count). The molecule has 0 radical (unpaired) electrons. The number of carbonyl (C=O) groups is 2. The number of hydrogen-bond donors (Lipinski definition) is 2. The number of nitrogens with two attached hydrogens (primary N) is 1. The Morgan fingerprint density at radius 2 is 2.12 bits per heavy atom. The van der Waals surface area contributed by atoms with Crippen LogP contribution in [0.4, 0.5) is 4.79 Å². The molecule has 3 amide bonds. The first-order chi connectivity index (χ1) is 11.6. The highest BCUT2D eigenvalue weighted by molar-refractivity contribution is 7.10. The number of urea groups is 1. The molecule has 6 heteroatoms. The molecule has 1 saturated carbocycles. The Morgan fingerprint density at radius 3 is 2.79 bits per heavy atom. The Hall–Kier alpha value is -1.56. The van der Waals surface area contributed by atoms with Crippen LogP contribution in [0.2, 0.25) is 0 Å². The van der Waals surface area contributed by atoms with Crippen molar-refractivity contribution >= 4 is 23.3 Å². The molecule has 1 saturated heterocycles. The Labute approximate surface area is 147 Å². The Kier molecular flexibility index (Phi) is 5.43. The number of hydrogen-bond acceptors (Lipinski definition) is 3. The molecule has 24 heavy (non-hydrogen) atoms. The summed E-state index contributed by atoms with van der Waals surface area (Å²) in [4.78, 5) is 27.0. The van der Waals surface area contributed by atoms with Gasteiger partial charge in [0.05, 0.1) is 0 Å². The minimum atomic E-state index is -0.273.